The van der Waals surface area contributed by atoms with E-state index in [0.29, 0.717) is 18.9 Å². The minimum Gasteiger partial charge on any atom is -0.494 e. The number of benzene rings is 2. The third-order valence-corrected chi connectivity index (χ3v) is 5.13. The number of hydrogen-bond donors (Lipinski definition) is 1. The molecular formula is C24H33N3O3. The minimum atomic E-state index is -0.0878. The summed E-state index contributed by atoms with van der Waals surface area (Å²) in [4.78, 5) is 16.9. The van der Waals surface area contributed by atoms with Crippen molar-refractivity contribution in [1.82, 2.24) is 10.2 Å². The summed E-state index contributed by atoms with van der Waals surface area (Å²) in [7, 11) is 0. The molecule has 0 unspecified atom stereocenters. The van der Waals surface area contributed by atoms with Crippen molar-refractivity contribution < 1.29 is 14.3 Å². The number of carbonyl (C=O) groups is 1. The first-order valence-corrected chi connectivity index (χ1v) is 10.9. The smallest absolute Gasteiger partial charge is 0.257 e. The highest BCUT2D eigenvalue weighted by atomic mass is 16.5. The average molecular weight is 412 g/mol. The van der Waals surface area contributed by atoms with Gasteiger partial charge in [-0.1, -0.05) is 25.1 Å². The van der Waals surface area contributed by atoms with Crippen LogP contribution in [0, 0.1) is 0 Å². The van der Waals surface area contributed by atoms with Crippen LogP contribution in [0.3, 0.4) is 0 Å². The van der Waals surface area contributed by atoms with Crippen molar-refractivity contribution >= 4 is 11.6 Å². The molecule has 1 saturated heterocycles. The van der Waals surface area contributed by atoms with Crippen molar-refractivity contribution in [3.63, 3.8) is 0 Å². The van der Waals surface area contributed by atoms with Crippen molar-refractivity contribution in [1.29, 1.82) is 0 Å². The molecule has 1 N–H and O–H groups in total. The molecule has 0 saturated carbocycles. The zero-order valence-corrected chi connectivity index (χ0v) is 17.9. The fourth-order valence-corrected chi connectivity index (χ4v) is 3.45. The number of piperazine rings is 1. The molecule has 1 aliphatic heterocycles. The van der Waals surface area contributed by atoms with Crippen molar-refractivity contribution in [2.45, 2.75) is 19.8 Å². The van der Waals surface area contributed by atoms with E-state index in [0.717, 1.165) is 51.3 Å². The summed E-state index contributed by atoms with van der Waals surface area (Å²) in [6.07, 6.45) is 1.92. The predicted octanol–water partition coefficient (Wildman–Crippen LogP) is 3.18. The lowest BCUT2D eigenvalue weighted by molar-refractivity contribution is -0.123. The first-order valence-electron chi connectivity index (χ1n) is 10.9. The average Bonchev–Trinajstić information content (AvgIpc) is 2.81. The molecule has 0 spiro atoms. The highest BCUT2D eigenvalue weighted by Gasteiger charge is 2.16. The van der Waals surface area contributed by atoms with Gasteiger partial charge in [0.05, 0.1) is 6.61 Å². The molecule has 1 amide bonds. The summed E-state index contributed by atoms with van der Waals surface area (Å²) < 4.78 is 11.1. The zero-order chi connectivity index (χ0) is 21.0. The Morgan fingerprint density at radius 1 is 0.933 bits per heavy atom. The highest BCUT2D eigenvalue weighted by molar-refractivity contribution is 5.77. The summed E-state index contributed by atoms with van der Waals surface area (Å²) in [5.74, 6) is 1.40. The van der Waals surface area contributed by atoms with Gasteiger partial charge in [-0.25, -0.2) is 0 Å². The summed E-state index contributed by atoms with van der Waals surface area (Å²) in [5, 5.41) is 2.94. The lowest BCUT2D eigenvalue weighted by atomic mass is 10.2. The maximum Gasteiger partial charge on any atom is 0.257 e. The van der Waals surface area contributed by atoms with E-state index in [4.69, 9.17) is 9.47 Å². The number of hydrogen-bond acceptors (Lipinski definition) is 5. The molecule has 2 aromatic carbocycles. The quantitative estimate of drug-likeness (QED) is 0.576. The van der Waals surface area contributed by atoms with Crippen LogP contribution in [0.4, 0.5) is 5.69 Å². The first kappa shape index (κ1) is 22.0. The fourth-order valence-electron chi connectivity index (χ4n) is 3.45. The van der Waals surface area contributed by atoms with Gasteiger partial charge in [0.2, 0.25) is 0 Å². The maximum absolute atomic E-state index is 12.0. The van der Waals surface area contributed by atoms with E-state index in [1.807, 2.05) is 24.3 Å². The molecule has 1 aliphatic rings. The molecule has 2 aromatic rings. The van der Waals surface area contributed by atoms with Gasteiger partial charge in [0.1, 0.15) is 11.5 Å². The van der Waals surface area contributed by atoms with Crippen LogP contribution in [-0.4, -0.2) is 63.3 Å². The van der Waals surface area contributed by atoms with E-state index in [-0.39, 0.29) is 12.5 Å². The van der Waals surface area contributed by atoms with Gasteiger partial charge in [-0.2, -0.15) is 0 Å². The van der Waals surface area contributed by atoms with E-state index in [1.165, 1.54) is 5.69 Å². The summed E-state index contributed by atoms with van der Waals surface area (Å²) >= 11 is 0. The van der Waals surface area contributed by atoms with Crippen molar-refractivity contribution in [2.75, 3.05) is 57.4 Å². The van der Waals surface area contributed by atoms with Crippen molar-refractivity contribution in [3.05, 3.63) is 54.6 Å². The molecule has 0 aliphatic carbocycles. The predicted molar refractivity (Wildman–Crippen MR) is 120 cm³/mol. The van der Waals surface area contributed by atoms with E-state index in [9.17, 15) is 4.79 Å². The number of nitrogens with zero attached hydrogens (tertiary/aromatic N) is 2. The SMILES string of the molecule is CCCOc1ccc(OCC(=O)NCCCN2CCN(c3ccccc3)CC2)cc1. The second-order valence-electron chi connectivity index (χ2n) is 7.48. The monoisotopic (exact) mass is 411 g/mol. The molecule has 6 nitrogen and oxygen atoms in total. The third kappa shape index (κ3) is 7.26. The Bertz CT molecular complexity index is 744. The first-order chi connectivity index (χ1) is 14.7. The number of amides is 1. The van der Waals surface area contributed by atoms with Crippen LogP contribution in [-0.2, 0) is 4.79 Å². The van der Waals surface area contributed by atoms with Gasteiger partial charge in [0, 0.05) is 38.4 Å². The summed E-state index contributed by atoms with van der Waals surface area (Å²) in [6.45, 7) is 8.69. The van der Waals surface area contributed by atoms with Gasteiger partial charge in [-0.15, -0.1) is 0 Å². The van der Waals surface area contributed by atoms with Gasteiger partial charge >= 0.3 is 0 Å². The number of rotatable bonds is 11. The van der Waals surface area contributed by atoms with Crippen molar-refractivity contribution in [2.24, 2.45) is 0 Å². The Balaban J connectivity index is 1.25. The molecule has 3 rings (SSSR count). The molecule has 0 radical (unpaired) electrons. The summed E-state index contributed by atoms with van der Waals surface area (Å²) in [5.41, 5.74) is 1.30. The molecule has 0 bridgehead atoms. The third-order valence-electron chi connectivity index (χ3n) is 5.13. The Morgan fingerprint density at radius 3 is 2.27 bits per heavy atom. The maximum atomic E-state index is 12.0. The van der Waals surface area contributed by atoms with E-state index < -0.39 is 0 Å². The molecule has 1 fully saturated rings. The molecule has 30 heavy (non-hydrogen) atoms. The molecule has 0 atom stereocenters. The second kappa shape index (κ2) is 12.1. The Morgan fingerprint density at radius 2 is 1.60 bits per heavy atom. The van der Waals surface area contributed by atoms with Crippen LogP contribution >= 0.6 is 0 Å². The van der Waals surface area contributed by atoms with Crippen molar-refractivity contribution in [3.8, 4) is 11.5 Å². The van der Waals surface area contributed by atoms with Crippen LogP contribution in [0.1, 0.15) is 19.8 Å². The van der Waals surface area contributed by atoms with Gasteiger partial charge in [0.15, 0.2) is 6.61 Å². The van der Waals surface area contributed by atoms with E-state index in [1.54, 1.807) is 0 Å². The number of carbonyl (C=O) groups excluding carboxylic acids is 1. The van der Waals surface area contributed by atoms with Crippen LogP contribution in [0.2, 0.25) is 0 Å². The molecule has 0 aromatic heterocycles. The van der Waals surface area contributed by atoms with E-state index in [2.05, 4.69) is 52.4 Å². The lowest BCUT2D eigenvalue weighted by Crippen LogP contribution is -2.47. The summed E-state index contributed by atoms with van der Waals surface area (Å²) in [6, 6.07) is 17.9. The Hall–Kier alpha value is -2.73. The van der Waals surface area contributed by atoms with Crippen LogP contribution in [0.5, 0.6) is 11.5 Å². The van der Waals surface area contributed by atoms with Gasteiger partial charge < -0.3 is 19.7 Å². The second-order valence-corrected chi connectivity index (χ2v) is 7.48. The number of ether oxygens (including phenoxy) is 2. The fraction of sp³-hybridized carbons (Fsp3) is 0.458. The Kier molecular flexibility index (Phi) is 8.84. The minimum absolute atomic E-state index is 0.0327. The molecule has 6 heteroatoms. The van der Waals surface area contributed by atoms with Crippen LogP contribution in [0.15, 0.2) is 54.6 Å². The normalized spacial score (nSPS) is 14.4. The van der Waals surface area contributed by atoms with Gasteiger partial charge in [-0.3, -0.25) is 9.69 Å². The molecule has 1 heterocycles. The highest BCUT2D eigenvalue weighted by Crippen LogP contribution is 2.18. The number of nitrogens with one attached hydrogen (secondary N) is 1. The van der Waals surface area contributed by atoms with Gasteiger partial charge in [0.25, 0.3) is 5.91 Å². The Labute approximate surface area is 179 Å². The number of para-hydroxylation sites is 1. The van der Waals surface area contributed by atoms with E-state index >= 15 is 0 Å². The molecular weight excluding hydrogens is 378 g/mol. The standard InChI is InChI=1S/C24H33N3O3/c1-2-19-29-22-9-11-23(12-10-22)30-20-24(28)25-13-6-14-26-15-17-27(18-16-26)21-7-4-3-5-8-21/h3-5,7-12H,2,6,13-20H2,1H3,(H,25,28). The molecule has 162 valence electrons. The largest absolute Gasteiger partial charge is 0.494 e. The van der Waals surface area contributed by atoms with Crippen LogP contribution in [0.25, 0.3) is 0 Å². The number of anilines is 1. The van der Waals surface area contributed by atoms with Gasteiger partial charge in [-0.05, 0) is 55.8 Å². The lowest BCUT2D eigenvalue weighted by Gasteiger charge is -2.36. The topological polar surface area (TPSA) is 54.0 Å². The zero-order valence-electron chi connectivity index (χ0n) is 17.9. The van der Waals surface area contributed by atoms with Crippen LogP contribution < -0.4 is 19.7 Å².